The number of carbonyl (C=O) groups is 3. The molecule has 0 radical (unpaired) electrons. The van der Waals surface area contributed by atoms with E-state index in [0.29, 0.717) is 11.4 Å². The van der Waals surface area contributed by atoms with Gasteiger partial charge in [0.1, 0.15) is 5.25 Å². The number of thioether (sulfide) groups is 1. The Morgan fingerprint density at radius 3 is 2.32 bits per heavy atom. The lowest BCUT2D eigenvalue weighted by Crippen LogP contribution is -2.46. The molecule has 174 valence electrons. The number of benzene rings is 3. The maximum atomic E-state index is 13.6. The molecule has 6 nitrogen and oxygen atoms in total. The fourth-order valence-electron chi connectivity index (χ4n) is 4.05. The van der Waals surface area contributed by atoms with E-state index in [1.807, 2.05) is 85.8 Å². The molecule has 0 aromatic heterocycles. The van der Waals surface area contributed by atoms with Crippen LogP contribution in [0.15, 0.2) is 89.8 Å². The first-order valence-electron chi connectivity index (χ1n) is 11.2. The molecule has 3 aromatic rings. The first kappa shape index (κ1) is 23.6. The van der Waals surface area contributed by atoms with Gasteiger partial charge in [-0.3, -0.25) is 14.4 Å². The van der Waals surface area contributed by atoms with E-state index in [1.165, 1.54) is 16.7 Å². The van der Waals surface area contributed by atoms with Gasteiger partial charge in [-0.05, 0) is 36.8 Å². The smallest absolute Gasteiger partial charge is 0.246 e. The number of rotatable bonds is 6. The van der Waals surface area contributed by atoms with Gasteiger partial charge in [0.15, 0.2) is 0 Å². The summed E-state index contributed by atoms with van der Waals surface area (Å²) in [6, 6.07) is 26.3. The van der Waals surface area contributed by atoms with Crippen molar-refractivity contribution in [2.75, 3.05) is 23.8 Å². The molecular formula is C27H27N3O3S. The highest BCUT2D eigenvalue weighted by Gasteiger charge is 2.32. The zero-order valence-corrected chi connectivity index (χ0v) is 20.0. The second kappa shape index (κ2) is 10.6. The second-order valence-corrected chi connectivity index (χ2v) is 9.48. The number of fused-ring (bicyclic) bond motifs is 1. The fourth-order valence-corrected chi connectivity index (χ4v) is 5.21. The van der Waals surface area contributed by atoms with Crippen molar-refractivity contribution < 1.29 is 14.4 Å². The van der Waals surface area contributed by atoms with Gasteiger partial charge in [0, 0.05) is 24.4 Å². The molecule has 34 heavy (non-hydrogen) atoms. The Morgan fingerprint density at radius 2 is 1.62 bits per heavy atom. The van der Waals surface area contributed by atoms with Crippen molar-refractivity contribution >= 4 is 40.9 Å². The number of hydrogen-bond donors (Lipinski definition) is 1. The van der Waals surface area contributed by atoms with Crippen LogP contribution in [0.2, 0.25) is 0 Å². The molecule has 0 saturated heterocycles. The van der Waals surface area contributed by atoms with Crippen LogP contribution in [0.5, 0.6) is 0 Å². The normalized spacial score (nSPS) is 16.1. The zero-order chi connectivity index (χ0) is 24.1. The number of carbonyl (C=O) groups excluding carboxylic acids is 3. The van der Waals surface area contributed by atoms with Gasteiger partial charge < -0.3 is 15.1 Å². The number of anilines is 2. The van der Waals surface area contributed by atoms with Crippen LogP contribution in [-0.4, -0.2) is 42.3 Å². The Balaban J connectivity index is 1.56. The predicted octanol–water partition coefficient (Wildman–Crippen LogP) is 4.74. The van der Waals surface area contributed by atoms with E-state index in [4.69, 9.17) is 0 Å². The van der Waals surface area contributed by atoms with E-state index in [9.17, 15) is 14.4 Å². The molecule has 3 aromatic carbocycles. The molecule has 3 amide bonds. The average molecular weight is 474 g/mol. The highest BCUT2D eigenvalue weighted by Crippen LogP contribution is 2.37. The van der Waals surface area contributed by atoms with Crippen LogP contribution >= 0.6 is 11.8 Å². The van der Waals surface area contributed by atoms with E-state index in [1.54, 1.807) is 18.0 Å². The summed E-state index contributed by atoms with van der Waals surface area (Å²) in [6.07, 6.45) is 0.189. The summed E-state index contributed by atoms with van der Waals surface area (Å²) in [5.41, 5.74) is 2.12. The molecule has 0 unspecified atom stereocenters. The molecule has 0 spiro atoms. The Morgan fingerprint density at radius 1 is 1.00 bits per heavy atom. The van der Waals surface area contributed by atoms with Gasteiger partial charge >= 0.3 is 0 Å². The van der Waals surface area contributed by atoms with Crippen molar-refractivity contribution in [1.29, 1.82) is 0 Å². The Hall–Kier alpha value is -3.58. The van der Waals surface area contributed by atoms with Gasteiger partial charge in [-0.25, -0.2) is 0 Å². The fraction of sp³-hybridized carbons (Fsp3) is 0.222. The lowest BCUT2D eigenvalue weighted by Gasteiger charge is -2.30. The molecule has 2 atom stereocenters. The van der Waals surface area contributed by atoms with Gasteiger partial charge in [-0.15, -0.1) is 11.8 Å². The molecule has 1 heterocycles. The number of likely N-dealkylation sites (N-methyl/N-ethyl adjacent to an activating group) is 1. The molecule has 7 heteroatoms. The van der Waals surface area contributed by atoms with Gasteiger partial charge in [0.05, 0.1) is 17.9 Å². The summed E-state index contributed by atoms with van der Waals surface area (Å²) in [4.78, 5) is 43.4. The minimum absolute atomic E-state index is 0.0929. The van der Waals surface area contributed by atoms with Crippen LogP contribution < -0.4 is 10.2 Å². The number of nitrogens with one attached hydrogen (secondary N) is 1. The Bertz CT molecular complexity index is 1170. The van der Waals surface area contributed by atoms with Crippen molar-refractivity contribution in [2.24, 2.45) is 0 Å². The van der Waals surface area contributed by atoms with Gasteiger partial charge in [-0.2, -0.15) is 0 Å². The summed E-state index contributed by atoms with van der Waals surface area (Å²) in [6.45, 7) is 1.75. The van der Waals surface area contributed by atoms with Crippen molar-refractivity contribution in [2.45, 2.75) is 29.5 Å². The highest BCUT2D eigenvalue weighted by molar-refractivity contribution is 8.00. The number of amides is 3. The second-order valence-electron chi connectivity index (χ2n) is 8.30. The van der Waals surface area contributed by atoms with Gasteiger partial charge in [0.2, 0.25) is 17.7 Å². The summed E-state index contributed by atoms with van der Waals surface area (Å²) in [5.74, 6) is -0.523. The van der Waals surface area contributed by atoms with Crippen LogP contribution in [0, 0.1) is 0 Å². The number of hydrogen-bond acceptors (Lipinski definition) is 4. The number of para-hydroxylation sites is 2. The third kappa shape index (κ3) is 5.31. The molecule has 1 aliphatic heterocycles. The standard InChI is InChI=1S/C27H27N3O3S/c1-19-17-24(31)28-22-15-9-10-16-23(22)30(19)25(32)18-29(2)27(33)26(20-11-5-3-6-12-20)34-21-13-7-4-8-14-21/h3-16,19,26H,17-18H2,1-2H3,(H,28,31)/t19-,26+/m1/s1. The summed E-state index contributed by atoms with van der Waals surface area (Å²) in [7, 11) is 1.65. The van der Waals surface area contributed by atoms with Crippen LogP contribution in [-0.2, 0) is 14.4 Å². The Kier molecular flexibility index (Phi) is 7.33. The first-order valence-corrected chi connectivity index (χ1v) is 12.0. The molecule has 1 N–H and O–H groups in total. The quantitative estimate of drug-likeness (QED) is 0.525. The molecule has 1 aliphatic rings. The van der Waals surface area contributed by atoms with Crippen molar-refractivity contribution in [3.05, 3.63) is 90.5 Å². The van der Waals surface area contributed by atoms with Crippen LogP contribution in [0.25, 0.3) is 0 Å². The largest absolute Gasteiger partial charge is 0.335 e. The van der Waals surface area contributed by atoms with Gasteiger partial charge in [0.25, 0.3) is 0 Å². The Labute approximate surface area is 204 Å². The lowest BCUT2D eigenvalue weighted by molar-refractivity contribution is -0.133. The molecule has 0 saturated carbocycles. The predicted molar refractivity (Wildman–Crippen MR) is 136 cm³/mol. The molecule has 4 rings (SSSR count). The first-order chi connectivity index (χ1) is 16.4. The summed E-state index contributed by atoms with van der Waals surface area (Å²) in [5, 5.41) is 2.38. The highest BCUT2D eigenvalue weighted by atomic mass is 32.2. The van der Waals surface area contributed by atoms with E-state index >= 15 is 0 Å². The minimum atomic E-state index is -0.488. The maximum absolute atomic E-state index is 13.6. The molecule has 0 bridgehead atoms. The lowest BCUT2D eigenvalue weighted by atomic mass is 10.1. The van der Waals surface area contributed by atoms with Crippen molar-refractivity contribution in [3.63, 3.8) is 0 Å². The van der Waals surface area contributed by atoms with Crippen LogP contribution in [0.1, 0.15) is 24.2 Å². The maximum Gasteiger partial charge on any atom is 0.246 e. The summed E-state index contributed by atoms with van der Waals surface area (Å²) < 4.78 is 0. The van der Waals surface area contributed by atoms with Crippen LogP contribution in [0.4, 0.5) is 11.4 Å². The topological polar surface area (TPSA) is 69.7 Å². The van der Waals surface area contributed by atoms with Crippen LogP contribution in [0.3, 0.4) is 0 Å². The van der Waals surface area contributed by atoms with E-state index < -0.39 is 5.25 Å². The monoisotopic (exact) mass is 473 g/mol. The third-order valence-corrected chi connectivity index (χ3v) is 6.95. The molecular weight excluding hydrogens is 446 g/mol. The van der Waals surface area contributed by atoms with E-state index in [2.05, 4.69) is 5.32 Å². The minimum Gasteiger partial charge on any atom is -0.335 e. The van der Waals surface area contributed by atoms with Gasteiger partial charge in [-0.1, -0.05) is 60.7 Å². The molecule has 0 fully saturated rings. The third-order valence-electron chi connectivity index (χ3n) is 5.70. The van der Waals surface area contributed by atoms with E-state index in [-0.39, 0.29) is 36.7 Å². The van der Waals surface area contributed by atoms with Crippen molar-refractivity contribution in [3.8, 4) is 0 Å². The molecule has 0 aliphatic carbocycles. The zero-order valence-electron chi connectivity index (χ0n) is 19.2. The van der Waals surface area contributed by atoms with E-state index in [0.717, 1.165) is 10.5 Å². The number of nitrogens with zero attached hydrogens (tertiary/aromatic N) is 2. The van der Waals surface area contributed by atoms with Crippen molar-refractivity contribution in [1.82, 2.24) is 4.90 Å². The summed E-state index contributed by atoms with van der Waals surface area (Å²) >= 11 is 1.46. The average Bonchev–Trinajstić information content (AvgIpc) is 2.97. The SMILES string of the molecule is C[C@@H]1CC(=O)Nc2ccccc2N1C(=O)CN(C)C(=O)[C@@H](Sc1ccccc1)c1ccccc1.